The second-order valence-corrected chi connectivity index (χ2v) is 16.5. The Morgan fingerprint density at radius 1 is 0.691 bits per heavy atom. The molecule has 5 amide bonds. The van der Waals surface area contributed by atoms with Crippen LogP contribution in [0.25, 0.3) is 0 Å². The number of aromatic nitrogens is 4. The van der Waals surface area contributed by atoms with Gasteiger partial charge < -0.3 is 25.6 Å². The summed E-state index contributed by atoms with van der Waals surface area (Å²) in [6, 6.07) is 21.8. The molecule has 18 nitrogen and oxygen atoms in total. The van der Waals surface area contributed by atoms with Crippen molar-refractivity contribution in [3.8, 4) is 5.75 Å². The van der Waals surface area contributed by atoms with Gasteiger partial charge in [0.05, 0.1) is 24.2 Å². The SMILES string of the molecule is CCCCC(CC)c1cc(=O)[nH]c(NC(=O)NCCCN(CCNC(=O)Nc2nc(C(CC)CCCC)cc(=O)[nH]2)c2ccc(N=Nc3cc(C)c(NC(=O)c4ccccc4)cc3OC)cc2)n1. The Bertz CT molecular complexity index is 2560. The quantitative estimate of drug-likeness (QED) is 0.0217. The number of methoxy groups -OCH3 is 1. The van der Waals surface area contributed by atoms with Crippen LogP contribution in [0.15, 0.2) is 98.7 Å². The molecule has 362 valence electrons. The van der Waals surface area contributed by atoms with Crippen LogP contribution in [0.3, 0.4) is 0 Å². The van der Waals surface area contributed by atoms with E-state index < -0.39 is 12.1 Å². The van der Waals surface area contributed by atoms with E-state index >= 15 is 0 Å². The molecule has 0 spiro atoms. The first-order chi connectivity index (χ1) is 32.9. The highest BCUT2D eigenvalue weighted by atomic mass is 16.5. The lowest BCUT2D eigenvalue weighted by Gasteiger charge is -2.25. The van der Waals surface area contributed by atoms with Crippen molar-refractivity contribution in [1.29, 1.82) is 0 Å². The van der Waals surface area contributed by atoms with Gasteiger partial charge in [-0.15, -0.1) is 5.11 Å². The molecule has 0 aliphatic heterocycles. The van der Waals surface area contributed by atoms with Gasteiger partial charge in [0.15, 0.2) is 0 Å². The second-order valence-electron chi connectivity index (χ2n) is 16.5. The van der Waals surface area contributed by atoms with E-state index in [0.29, 0.717) is 65.8 Å². The van der Waals surface area contributed by atoms with E-state index in [4.69, 9.17) is 4.74 Å². The third-order valence-corrected chi connectivity index (χ3v) is 11.5. The zero-order valence-corrected chi connectivity index (χ0v) is 40.0. The molecule has 0 saturated carbocycles. The summed E-state index contributed by atoms with van der Waals surface area (Å²) in [6.07, 6.45) is 8.09. The first-order valence-corrected chi connectivity index (χ1v) is 23.6. The number of rotatable bonds is 25. The molecule has 68 heavy (non-hydrogen) atoms. The number of hydrogen-bond donors (Lipinski definition) is 7. The smallest absolute Gasteiger partial charge is 0.321 e. The number of H-pyrrole nitrogens is 2. The predicted molar refractivity (Wildman–Crippen MR) is 268 cm³/mol. The number of aromatic amines is 2. The normalized spacial score (nSPS) is 12.0. The highest BCUT2D eigenvalue weighted by molar-refractivity contribution is 6.04. The van der Waals surface area contributed by atoms with Crippen LogP contribution in [0.4, 0.5) is 44.2 Å². The van der Waals surface area contributed by atoms with Crippen LogP contribution in [0.2, 0.25) is 0 Å². The van der Waals surface area contributed by atoms with Crippen molar-refractivity contribution in [3.63, 3.8) is 0 Å². The Balaban J connectivity index is 1.25. The van der Waals surface area contributed by atoms with Crippen molar-refractivity contribution >= 4 is 52.6 Å². The second kappa shape index (κ2) is 26.7. The zero-order valence-electron chi connectivity index (χ0n) is 40.0. The van der Waals surface area contributed by atoms with Crippen LogP contribution in [0.1, 0.15) is 125 Å². The Kier molecular flexibility index (Phi) is 20.3. The average molecular weight is 931 g/mol. The van der Waals surface area contributed by atoms with Gasteiger partial charge in [-0.05, 0) is 87.1 Å². The summed E-state index contributed by atoms with van der Waals surface area (Å²) in [6.45, 7) is 11.6. The van der Waals surface area contributed by atoms with E-state index in [2.05, 4.69) is 89.3 Å². The molecule has 2 heterocycles. The Morgan fingerprint density at radius 3 is 1.81 bits per heavy atom. The van der Waals surface area contributed by atoms with Crippen molar-refractivity contribution in [3.05, 3.63) is 122 Å². The minimum absolute atomic E-state index is 0.0807. The van der Waals surface area contributed by atoms with Gasteiger partial charge >= 0.3 is 12.1 Å². The summed E-state index contributed by atoms with van der Waals surface area (Å²) in [5.41, 5.74) is 4.42. The average Bonchev–Trinajstić information content (AvgIpc) is 3.33. The number of benzene rings is 3. The summed E-state index contributed by atoms with van der Waals surface area (Å²) < 4.78 is 5.60. The molecule has 0 aliphatic carbocycles. The van der Waals surface area contributed by atoms with Gasteiger partial charge in [0, 0.05) is 73.2 Å². The monoisotopic (exact) mass is 931 g/mol. The topological polar surface area (TPSA) is 240 Å². The molecule has 5 rings (SSSR count). The van der Waals surface area contributed by atoms with Crippen molar-refractivity contribution in [2.24, 2.45) is 10.2 Å². The summed E-state index contributed by atoms with van der Waals surface area (Å²) in [5, 5.41) is 22.9. The maximum Gasteiger partial charge on any atom is 0.321 e. The van der Waals surface area contributed by atoms with E-state index in [0.717, 1.165) is 62.6 Å². The number of carbonyl (C=O) groups excluding carboxylic acids is 3. The molecule has 0 saturated heterocycles. The van der Waals surface area contributed by atoms with E-state index in [1.165, 1.54) is 19.2 Å². The molecule has 18 heteroatoms. The zero-order chi connectivity index (χ0) is 48.8. The molecule has 3 aromatic carbocycles. The number of ether oxygens (including phenoxy) is 1. The van der Waals surface area contributed by atoms with Gasteiger partial charge in [0.2, 0.25) is 11.9 Å². The van der Waals surface area contributed by atoms with Crippen LogP contribution >= 0.6 is 0 Å². The molecular weight excluding hydrogens is 865 g/mol. The van der Waals surface area contributed by atoms with Gasteiger partial charge in [-0.2, -0.15) is 5.11 Å². The fourth-order valence-corrected chi connectivity index (χ4v) is 7.64. The van der Waals surface area contributed by atoms with Gasteiger partial charge in [-0.25, -0.2) is 19.6 Å². The molecule has 0 radical (unpaired) electrons. The maximum atomic E-state index is 13.1. The first-order valence-electron chi connectivity index (χ1n) is 23.6. The number of anilines is 4. The minimum atomic E-state index is -0.524. The number of urea groups is 2. The minimum Gasteiger partial charge on any atom is -0.494 e. The largest absolute Gasteiger partial charge is 0.494 e. The molecule has 2 aromatic heterocycles. The number of unbranched alkanes of at least 4 members (excludes halogenated alkanes) is 2. The standard InChI is InChI=1S/C50H66N12O6/c1-7-11-17-34(9-3)40-31-44(63)56-47(54-40)58-49(66)51-25-16-27-62(28-26-52-50(67)59-48-55-41(32-45(64)57-48)35(10-4)18-12-8-2)38-23-21-37(22-24-38)60-61-42-29-33(5)39(30-43(42)68-6)53-46(65)36-19-14-13-15-20-36/h13-15,19-24,29-32,34-35H,7-12,16-18,25-28H2,1-6H3,(H,53,65)(H3,51,54,56,58,63,66)(H3,52,55,57,59,64,67). The van der Waals surface area contributed by atoms with Crippen molar-refractivity contribution < 1.29 is 19.1 Å². The van der Waals surface area contributed by atoms with Crippen LogP contribution in [-0.4, -0.2) is 71.2 Å². The third-order valence-electron chi connectivity index (χ3n) is 11.5. The fraction of sp³-hybridized carbons (Fsp3) is 0.420. The number of amides is 5. The van der Waals surface area contributed by atoms with Gasteiger partial charge in [0.1, 0.15) is 11.4 Å². The van der Waals surface area contributed by atoms with Crippen molar-refractivity contribution in [2.75, 3.05) is 54.1 Å². The lowest BCUT2D eigenvalue weighted by Crippen LogP contribution is -2.39. The van der Waals surface area contributed by atoms with E-state index in [9.17, 15) is 24.0 Å². The summed E-state index contributed by atoms with van der Waals surface area (Å²) >= 11 is 0. The maximum absolute atomic E-state index is 13.1. The molecule has 2 unspecified atom stereocenters. The lowest BCUT2D eigenvalue weighted by atomic mass is 9.96. The lowest BCUT2D eigenvalue weighted by molar-refractivity contribution is 0.102. The summed E-state index contributed by atoms with van der Waals surface area (Å²) in [7, 11) is 1.53. The van der Waals surface area contributed by atoms with Crippen LogP contribution < -0.4 is 47.3 Å². The first kappa shape index (κ1) is 51.6. The number of carbonyl (C=O) groups is 3. The van der Waals surface area contributed by atoms with Gasteiger partial charge in [-0.3, -0.25) is 35.0 Å². The van der Waals surface area contributed by atoms with Crippen LogP contribution in [0.5, 0.6) is 5.75 Å². The molecule has 7 N–H and O–H groups in total. The number of aryl methyl sites for hydroxylation is 1. The van der Waals surface area contributed by atoms with Crippen molar-refractivity contribution in [2.45, 2.75) is 104 Å². The van der Waals surface area contributed by atoms with E-state index in [1.54, 1.807) is 36.4 Å². The van der Waals surface area contributed by atoms with Crippen LogP contribution in [0, 0.1) is 6.92 Å². The van der Waals surface area contributed by atoms with Crippen LogP contribution in [-0.2, 0) is 0 Å². The number of nitrogens with one attached hydrogen (secondary N) is 7. The molecule has 0 fully saturated rings. The molecule has 0 aliphatic rings. The Morgan fingerprint density at radius 2 is 1.26 bits per heavy atom. The number of hydrogen-bond acceptors (Lipinski definition) is 11. The third kappa shape index (κ3) is 15.9. The predicted octanol–water partition coefficient (Wildman–Crippen LogP) is 10.0. The molecule has 2 atom stereocenters. The summed E-state index contributed by atoms with van der Waals surface area (Å²) in [5.74, 6) is 0.600. The highest BCUT2D eigenvalue weighted by Crippen LogP contribution is 2.35. The van der Waals surface area contributed by atoms with E-state index in [-0.39, 0.29) is 47.3 Å². The molecule has 5 aromatic rings. The van der Waals surface area contributed by atoms with Gasteiger partial charge in [-0.1, -0.05) is 71.6 Å². The van der Waals surface area contributed by atoms with E-state index in [1.807, 2.05) is 37.3 Å². The molecule has 0 bridgehead atoms. The Hall–Kier alpha value is -7.37. The van der Waals surface area contributed by atoms with Gasteiger partial charge in [0.25, 0.3) is 17.0 Å². The highest BCUT2D eigenvalue weighted by Gasteiger charge is 2.17. The molecular formula is C50H66N12O6. The van der Waals surface area contributed by atoms with Crippen molar-refractivity contribution in [1.82, 2.24) is 30.6 Å². The Labute approximate surface area is 397 Å². The fourth-order valence-electron chi connectivity index (χ4n) is 7.64. The number of azo groups is 1. The summed E-state index contributed by atoms with van der Waals surface area (Å²) in [4.78, 5) is 80.2. The number of nitrogens with zero attached hydrogens (tertiary/aromatic N) is 5.